The fourth-order valence-corrected chi connectivity index (χ4v) is 3.23. The molecule has 2 aromatic rings. The Balaban J connectivity index is 1.54. The number of hydrogen-bond donors (Lipinski definition) is 1. The van der Waals surface area contributed by atoms with Gasteiger partial charge in [0, 0.05) is 5.69 Å². The number of benzene rings is 2. The fraction of sp³-hybridized carbons (Fsp3) is 0.409. The van der Waals surface area contributed by atoms with Crippen LogP contribution in [0.25, 0.3) is 0 Å². The van der Waals surface area contributed by atoms with Crippen molar-refractivity contribution in [1.82, 2.24) is 0 Å². The molecule has 1 amide bonds. The van der Waals surface area contributed by atoms with Gasteiger partial charge in [-0.3, -0.25) is 4.79 Å². The zero-order chi connectivity index (χ0) is 18.5. The Bertz CT molecular complexity index is 748. The quantitative estimate of drug-likeness (QED) is 0.792. The molecule has 0 unspecified atom stereocenters. The monoisotopic (exact) mass is 353 g/mol. The molecular formula is C22H27NO3. The van der Waals surface area contributed by atoms with Crippen LogP contribution in [0.4, 0.5) is 5.69 Å². The molecule has 1 aliphatic carbocycles. The Hall–Kier alpha value is -2.49. The van der Waals surface area contributed by atoms with E-state index in [0.29, 0.717) is 6.10 Å². The summed E-state index contributed by atoms with van der Waals surface area (Å²) >= 11 is 0. The van der Waals surface area contributed by atoms with E-state index in [4.69, 9.17) is 9.47 Å². The van der Waals surface area contributed by atoms with Crippen LogP contribution in [-0.4, -0.2) is 18.1 Å². The maximum Gasteiger partial charge on any atom is 0.265 e. The van der Waals surface area contributed by atoms with Gasteiger partial charge in [0.1, 0.15) is 11.5 Å². The average molecular weight is 353 g/mol. The maximum atomic E-state index is 12.4. The number of rotatable bonds is 6. The predicted molar refractivity (Wildman–Crippen MR) is 104 cm³/mol. The Kier molecular flexibility index (Phi) is 5.82. The van der Waals surface area contributed by atoms with E-state index in [9.17, 15) is 4.79 Å². The van der Waals surface area contributed by atoms with Gasteiger partial charge < -0.3 is 14.8 Å². The third-order valence-corrected chi connectivity index (χ3v) is 4.73. The summed E-state index contributed by atoms with van der Waals surface area (Å²) in [6.07, 6.45) is 4.51. The molecule has 0 bridgehead atoms. The Morgan fingerprint density at radius 3 is 2.42 bits per heavy atom. The molecule has 3 rings (SSSR count). The summed E-state index contributed by atoms with van der Waals surface area (Å²) in [6, 6.07) is 13.5. The molecule has 4 nitrogen and oxygen atoms in total. The van der Waals surface area contributed by atoms with Crippen molar-refractivity contribution in [3.8, 4) is 11.5 Å². The first-order valence-electron chi connectivity index (χ1n) is 9.33. The number of carbonyl (C=O) groups is 1. The third-order valence-electron chi connectivity index (χ3n) is 4.73. The highest BCUT2D eigenvalue weighted by Gasteiger charge is 2.18. The van der Waals surface area contributed by atoms with Crippen molar-refractivity contribution >= 4 is 11.6 Å². The normalized spacial score (nSPS) is 15.5. The third kappa shape index (κ3) is 4.78. The number of ether oxygens (including phenoxy) is 2. The first-order chi connectivity index (χ1) is 12.5. The maximum absolute atomic E-state index is 12.4. The van der Waals surface area contributed by atoms with Gasteiger partial charge >= 0.3 is 0 Å². The van der Waals surface area contributed by atoms with Crippen molar-refractivity contribution < 1.29 is 14.3 Å². The van der Waals surface area contributed by atoms with E-state index < -0.39 is 6.10 Å². The number of aryl methyl sites for hydroxylation is 2. The number of hydrogen-bond acceptors (Lipinski definition) is 3. The van der Waals surface area contributed by atoms with Gasteiger partial charge in [0.05, 0.1) is 6.10 Å². The smallest absolute Gasteiger partial charge is 0.265 e. The summed E-state index contributed by atoms with van der Waals surface area (Å²) < 4.78 is 11.8. The van der Waals surface area contributed by atoms with Crippen LogP contribution in [0.15, 0.2) is 42.5 Å². The van der Waals surface area contributed by atoms with Crippen molar-refractivity contribution in [3.63, 3.8) is 0 Å². The van der Waals surface area contributed by atoms with Gasteiger partial charge in [-0.15, -0.1) is 0 Å². The van der Waals surface area contributed by atoms with Gasteiger partial charge in [0.15, 0.2) is 6.10 Å². The largest absolute Gasteiger partial charge is 0.490 e. The lowest BCUT2D eigenvalue weighted by Gasteiger charge is -2.17. The summed E-state index contributed by atoms with van der Waals surface area (Å²) in [5, 5.41) is 2.89. The van der Waals surface area contributed by atoms with Crippen LogP contribution >= 0.6 is 0 Å². The zero-order valence-electron chi connectivity index (χ0n) is 15.7. The molecule has 1 N–H and O–H groups in total. The van der Waals surface area contributed by atoms with Crippen molar-refractivity contribution in [1.29, 1.82) is 0 Å². The van der Waals surface area contributed by atoms with Crippen molar-refractivity contribution in [2.45, 2.75) is 58.7 Å². The molecule has 1 atom stereocenters. The van der Waals surface area contributed by atoms with Crippen molar-refractivity contribution in [2.75, 3.05) is 5.32 Å². The summed E-state index contributed by atoms with van der Waals surface area (Å²) in [6.45, 7) is 5.77. The lowest BCUT2D eigenvalue weighted by atomic mass is 10.1. The summed E-state index contributed by atoms with van der Waals surface area (Å²) in [7, 11) is 0. The molecule has 0 spiro atoms. The van der Waals surface area contributed by atoms with Crippen LogP contribution in [0.1, 0.15) is 43.7 Å². The second kappa shape index (κ2) is 8.26. The Morgan fingerprint density at radius 1 is 1.08 bits per heavy atom. The molecule has 0 aromatic heterocycles. The SMILES string of the molecule is Cc1ccc(O[C@H](C)C(=O)Nc2ccc(OC3CCCC3)cc2)c(C)c1. The van der Waals surface area contributed by atoms with E-state index in [0.717, 1.165) is 35.6 Å². The number of nitrogens with one attached hydrogen (secondary N) is 1. The van der Waals surface area contributed by atoms with Crippen molar-refractivity contribution in [3.05, 3.63) is 53.6 Å². The number of carbonyl (C=O) groups excluding carboxylic acids is 1. The molecule has 0 radical (unpaired) electrons. The van der Waals surface area contributed by atoms with Crippen LogP contribution in [0.5, 0.6) is 11.5 Å². The Morgan fingerprint density at radius 2 is 1.77 bits per heavy atom. The first-order valence-corrected chi connectivity index (χ1v) is 9.33. The molecule has 138 valence electrons. The average Bonchev–Trinajstić information content (AvgIpc) is 3.12. The molecular weight excluding hydrogens is 326 g/mol. The van der Waals surface area contributed by atoms with Gasteiger partial charge in [0.25, 0.3) is 5.91 Å². The Labute approximate surface area is 155 Å². The van der Waals surface area contributed by atoms with Crippen LogP contribution in [0.2, 0.25) is 0 Å². The lowest BCUT2D eigenvalue weighted by Crippen LogP contribution is -2.30. The minimum atomic E-state index is -0.578. The summed E-state index contributed by atoms with van der Waals surface area (Å²) in [5.41, 5.74) is 2.94. The fourth-order valence-electron chi connectivity index (χ4n) is 3.23. The predicted octanol–water partition coefficient (Wildman–Crippen LogP) is 5.03. The second-order valence-electron chi connectivity index (χ2n) is 7.07. The highest BCUT2D eigenvalue weighted by Crippen LogP contribution is 2.25. The number of anilines is 1. The molecule has 1 aliphatic rings. The molecule has 4 heteroatoms. The van der Waals surface area contributed by atoms with E-state index in [1.807, 2.05) is 56.3 Å². The molecule has 2 aromatic carbocycles. The van der Waals surface area contributed by atoms with Crippen LogP contribution in [0, 0.1) is 13.8 Å². The van der Waals surface area contributed by atoms with Crippen LogP contribution in [-0.2, 0) is 4.79 Å². The van der Waals surface area contributed by atoms with Crippen molar-refractivity contribution in [2.24, 2.45) is 0 Å². The highest BCUT2D eigenvalue weighted by atomic mass is 16.5. The van der Waals surface area contributed by atoms with Gasteiger partial charge in [-0.25, -0.2) is 0 Å². The molecule has 0 heterocycles. The second-order valence-corrected chi connectivity index (χ2v) is 7.07. The lowest BCUT2D eigenvalue weighted by molar-refractivity contribution is -0.122. The standard InChI is InChI=1S/C22H27NO3/c1-15-8-13-21(16(2)14-15)25-17(3)22(24)23-18-9-11-20(12-10-18)26-19-6-4-5-7-19/h8-14,17,19H,4-7H2,1-3H3,(H,23,24)/t17-/m1/s1. The molecule has 1 saturated carbocycles. The van der Waals surface area contributed by atoms with Gasteiger partial charge in [-0.2, -0.15) is 0 Å². The van der Waals surface area contributed by atoms with E-state index in [-0.39, 0.29) is 5.91 Å². The van der Waals surface area contributed by atoms with Gasteiger partial charge in [0.2, 0.25) is 0 Å². The van der Waals surface area contributed by atoms with Gasteiger partial charge in [-0.05, 0) is 82.3 Å². The molecule has 0 aliphatic heterocycles. The highest BCUT2D eigenvalue weighted by molar-refractivity contribution is 5.94. The minimum Gasteiger partial charge on any atom is -0.490 e. The molecule has 1 fully saturated rings. The van der Waals surface area contributed by atoms with E-state index in [1.54, 1.807) is 6.92 Å². The summed E-state index contributed by atoms with van der Waals surface area (Å²) in [5.74, 6) is 1.42. The van der Waals surface area contributed by atoms with Crippen LogP contribution < -0.4 is 14.8 Å². The van der Waals surface area contributed by atoms with E-state index >= 15 is 0 Å². The van der Waals surface area contributed by atoms with Gasteiger partial charge in [-0.1, -0.05) is 17.7 Å². The van der Waals surface area contributed by atoms with E-state index in [1.165, 1.54) is 18.4 Å². The topological polar surface area (TPSA) is 47.6 Å². The summed E-state index contributed by atoms with van der Waals surface area (Å²) in [4.78, 5) is 12.4. The van der Waals surface area contributed by atoms with Crippen LogP contribution in [0.3, 0.4) is 0 Å². The number of amides is 1. The first kappa shape index (κ1) is 18.3. The molecule has 26 heavy (non-hydrogen) atoms. The molecule has 0 saturated heterocycles. The minimum absolute atomic E-state index is 0.172. The van der Waals surface area contributed by atoms with E-state index in [2.05, 4.69) is 5.32 Å². The zero-order valence-corrected chi connectivity index (χ0v) is 15.7.